The number of ether oxygens (including phenoxy) is 1. The van der Waals surface area contributed by atoms with Crippen molar-refractivity contribution in [2.45, 2.75) is 25.6 Å². The smallest absolute Gasteiger partial charge is 0.417 e. The molecule has 0 radical (unpaired) electrons. The number of alkyl halides is 3. The second-order valence-electron chi connectivity index (χ2n) is 8.78. The van der Waals surface area contributed by atoms with E-state index in [9.17, 15) is 32.7 Å². The highest BCUT2D eigenvalue weighted by molar-refractivity contribution is 6.04. The lowest BCUT2D eigenvalue weighted by molar-refractivity contribution is -0.139. The maximum atomic E-state index is 13.7. The normalized spacial score (nSPS) is 12.4. The number of methoxy groups -OCH3 is 1. The third kappa shape index (κ3) is 4.99. The van der Waals surface area contributed by atoms with Gasteiger partial charge < -0.3 is 24.7 Å². The van der Waals surface area contributed by atoms with Gasteiger partial charge in [-0.3, -0.25) is 9.59 Å². The minimum atomic E-state index is -4.74. The number of carboxylic acids is 1. The average molecular weight is 527 g/mol. The Hall–Kier alpha value is -4.54. The van der Waals surface area contributed by atoms with Crippen molar-refractivity contribution in [1.82, 2.24) is 14.9 Å². The van der Waals surface area contributed by atoms with Crippen LogP contribution in [-0.4, -0.2) is 39.7 Å². The van der Waals surface area contributed by atoms with Crippen LogP contribution in [-0.2, 0) is 24.4 Å². The number of carbonyl (C=O) groups is 2. The fraction of sp³-hybridized carbons (Fsp3) is 0.222. The monoisotopic (exact) mass is 527 g/mol. The number of hydrogen-bond donors (Lipinski definition) is 3. The number of amides is 1. The van der Waals surface area contributed by atoms with E-state index in [-0.39, 0.29) is 29.1 Å². The lowest BCUT2D eigenvalue weighted by atomic mass is 9.97. The molecule has 38 heavy (non-hydrogen) atoms. The van der Waals surface area contributed by atoms with E-state index in [1.165, 1.54) is 45.3 Å². The van der Waals surface area contributed by atoms with Crippen LogP contribution in [0.2, 0.25) is 0 Å². The number of carboxylic acid groups (broad SMARTS) is 1. The Labute approximate surface area is 214 Å². The zero-order valence-electron chi connectivity index (χ0n) is 20.6. The summed E-state index contributed by atoms with van der Waals surface area (Å²) < 4.78 is 47.5. The number of para-hydroxylation sites is 1. The largest absolute Gasteiger partial charge is 0.494 e. The van der Waals surface area contributed by atoms with Crippen molar-refractivity contribution in [2.24, 2.45) is 7.05 Å². The standard InChI is InChI=1S/C27H24F3N3O5/c1-14-12-18(27(28,29)30)21(25(35)33(14)2)16-10-8-15(9-11-16)13-20(26(36)37)32-24(34)22-23(38-3)17-6-4-5-7-19(17)31-22/h4-12,20,31H,13H2,1-3H3,(H,32,34)(H,36,37)/t20-/m0/s1. The molecule has 198 valence electrons. The van der Waals surface area contributed by atoms with Gasteiger partial charge in [-0.2, -0.15) is 13.2 Å². The van der Waals surface area contributed by atoms with Crippen molar-refractivity contribution in [3.8, 4) is 16.9 Å². The second kappa shape index (κ2) is 10.1. The summed E-state index contributed by atoms with van der Waals surface area (Å²) in [5.74, 6) is -1.73. The van der Waals surface area contributed by atoms with Gasteiger partial charge in [-0.25, -0.2) is 4.79 Å². The van der Waals surface area contributed by atoms with E-state index in [0.717, 1.165) is 10.6 Å². The number of pyridine rings is 1. The Balaban J connectivity index is 1.61. The number of aryl methyl sites for hydroxylation is 1. The predicted octanol–water partition coefficient (Wildman–Crippen LogP) is 4.30. The zero-order valence-corrected chi connectivity index (χ0v) is 20.6. The van der Waals surface area contributed by atoms with Gasteiger partial charge in [0, 0.05) is 30.1 Å². The van der Waals surface area contributed by atoms with Gasteiger partial charge in [0.25, 0.3) is 11.5 Å². The van der Waals surface area contributed by atoms with Crippen LogP contribution in [0.15, 0.2) is 59.4 Å². The van der Waals surface area contributed by atoms with Crippen molar-refractivity contribution in [2.75, 3.05) is 7.11 Å². The third-order valence-corrected chi connectivity index (χ3v) is 6.35. The van der Waals surface area contributed by atoms with Crippen molar-refractivity contribution in [3.05, 3.63) is 87.5 Å². The van der Waals surface area contributed by atoms with Crippen LogP contribution in [0.1, 0.15) is 27.3 Å². The maximum Gasteiger partial charge on any atom is 0.417 e. The number of aromatic nitrogens is 2. The van der Waals surface area contributed by atoms with E-state index in [1.54, 1.807) is 24.3 Å². The molecule has 8 nitrogen and oxygen atoms in total. The first-order chi connectivity index (χ1) is 17.9. The molecule has 0 unspecified atom stereocenters. The molecule has 1 amide bonds. The highest BCUT2D eigenvalue weighted by atomic mass is 19.4. The van der Waals surface area contributed by atoms with E-state index in [2.05, 4.69) is 10.3 Å². The molecule has 2 heterocycles. The van der Waals surface area contributed by atoms with Crippen LogP contribution >= 0.6 is 0 Å². The minimum Gasteiger partial charge on any atom is -0.494 e. The number of carbonyl (C=O) groups excluding carboxylic acids is 1. The summed E-state index contributed by atoms with van der Waals surface area (Å²) in [6.45, 7) is 1.41. The summed E-state index contributed by atoms with van der Waals surface area (Å²) >= 11 is 0. The number of benzene rings is 2. The summed E-state index contributed by atoms with van der Waals surface area (Å²) in [7, 11) is 2.78. The first-order valence-corrected chi connectivity index (χ1v) is 11.5. The molecule has 3 N–H and O–H groups in total. The Morgan fingerprint density at radius 3 is 2.39 bits per heavy atom. The highest BCUT2D eigenvalue weighted by Gasteiger charge is 2.36. The van der Waals surface area contributed by atoms with Gasteiger partial charge in [0.2, 0.25) is 0 Å². The second-order valence-corrected chi connectivity index (χ2v) is 8.78. The Kier molecular flexibility index (Phi) is 7.03. The molecular weight excluding hydrogens is 503 g/mol. The number of aliphatic carboxylic acids is 1. The van der Waals surface area contributed by atoms with Crippen LogP contribution in [0.3, 0.4) is 0 Å². The van der Waals surface area contributed by atoms with Gasteiger partial charge in [-0.15, -0.1) is 0 Å². The van der Waals surface area contributed by atoms with E-state index in [4.69, 9.17) is 4.74 Å². The van der Waals surface area contributed by atoms with Crippen LogP contribution in [0.5, 0.6) is 5.75 Å². The van der Waals surface area contributed by atoms with Gasteiger partial charge >= 0.3 is 12.1 Å². The predicted molar refractivity (Wildman–Crippen MR) is 134 cm³/mol. The zero-order chi connectivity index (χ0) is 27.8. The molecule has 0 saturated heterocycles. The quantitative estimate of drug-likeness (QED) is 0.332. The van der Waals surface area contributed by atoms with E-state index in [0.29, 0.717) is 16.5 Å². The molecule has 2 aromatic carbocycles. The van der Waals surface area contributed by atoms with Crippen LogP contribution in [0.25, 0.3) is 22.0 Å². The third-order valence-electron chi connectivity index (χ3n) is 6.35. The topological polar surface area (TPSA) is 113 Å². The van der Waals surface area contributed by atoms with E-state index in [1.807, 2.05) is 0 Å². The molecule has 0 fully saturated rings. The molecule has 4 aromatic rings. The molecule has 0 saturated carbocycles. The fourth-order valence-corrected chi connectivity index (χ4v) is 4.29. The number of hydrogen-bond acceptors (Lipinski definition) is 4. The number of H-pyrrole nitrogens is 1. The van der Waals surface area contributed by atoms with Crippen LogP contribution in [0, 0.1) is 6.92 Å². The van der Waals surface area contributed by atoms with Crippen molar-refractivity contribution in [3.63, 3.8) is 0 Å². The summed E-state index contributed by atoms with van der Waals surface area (Å²) in [5, 5.41) is 12.8. The highest BCUT2D eigenvalue weighted by Crippen LogP contribution is 2.36. The van der Waals surface area contributed by atoms with Crippen LogP contribution in [0.4, 0.5) is 13.2 Å². The number of rotatable bonds is 7. The molecule has 4 rings (SSSR count). The molecule has 0 aliphatic heterocycles. The molecule has 2 aromatic heterocycles. The number of nitrogens with zero attached hydrogens (tertiary/aromatic N) is 1. The Bertz CT molecular complexity index is 1590. The average Bonchev–Trinajstić information content (AvgIpc) is 3.25. The first-order valence-electron chi connectivity index (χ1n) is 11.5. The summed E-state index contributed by atoms with van der Waals surface area (Å²) in [5.41, 5.74) is -1.01. The molecule has 0 spiro atoms. The van der Waals surface area contributed by atoms with E-state index < -0.39 is 40.8 Å². The Morgan fingerprint density at radius 2 is 1.79 bits per heavy atom. The van der Waals surface area contributed by atoms with Crippen molar-refractivity contribution < 1.29 is 32.6 Å². The van der Waals surface area contributed by atoms with E-state index >= 15 is 0 Å². The number of aromatic amines is 1. The number of nitrogens with one attached hydrogen (secondary N) is 2. The number of halogens is 3. The molecular formula is C27H24F3N3O5. The molecule has 0 bridgehead atoms. The molecule has 0 aliphatic rings. The molecule has 1 atom stereocenters. The first kappa shape index (κ1) is 26.5. The minimum absolute atomic E-state index is 0.0420. The van der Waals surface area contributed by atoms with Gasteiger partial charge in [0.15, 0.2) is 5.75 Å². The Morgan fingerprint density at radius 1 is 1.13 bits per heavy atom. The lowest BCUT2D eigenvalue weighted by Gasteiger charge is -2.17. The van der Waals surface area contributed by atoms with Gasteiger partial charge in [-0.05, 0) is 36.2 Å². The SMILES string of the molecule is COc1c(C(=O)N[C@@H](Cc2ccc(-c3c(C(F)(F)F)cc(C)n(C)c3=O)cc2)C(=O)O)[nH]c2ccccc12. The van der Waals surface area contributed by atoms with Crippen molar-refractivity contribution >= 4 is 22.8 Å². The molecule has 11 heteroatoms. The number of fused-ring (bicyclic) bond motifs is 1. The molecule has 0 aliphatic carbocycles. The maximum absolute atomic E-state index is 13.7. The lowest BCUT2D eigenvalue weighted by Crippen LogP contribution is -2.42. The summed E-state index contributed by atoms with van der Waals surface area (Å²) in [6, 6.07) is 12.1. The van der Waals surface area contributed by atoms with Gasteiger partial charge in [0.1, 0.15) is 11.7 Å². The van der Waals surface area contributed by atoms with Gasteiger partial charge in [-0.1, -0.05) is 36.4 Å². The summed E-state index contributed by atoms with van der Waals surface area (Å²) in [6.07, 6.45) is -4.89. The van der Waals surface area contributed by atoms with Crippen molar-refractivity contribution in [1.29, 1.82) is 0 Å². The van der Waals surface area contributed by atoms with Crippen LogP contribution < -0.4 is 15.6 Å². The fourth-order valence-electron chi connectivity index (χ4n) is 4.29. The van der Waals surface area contributed by atoms with Gasteiger partial charge in [0.05, 0.1) is 18.2 Å². The summed E-state index contributed by atoms with van der Waals surface area (Å²) in [4.78, 5) is 40.5.